The van der Waals surface area contributed by atoms with Crippen molar-refractivity contribution in [2.24, 2.45) is 0 Å². The first-order valence-corrected chi connectivity index (χ1v) is 10.2. The molecule has 3 heterocycles. The van der Waals surface area contributed by atoms with Gasteiger partial charge in [0.2, 0.25) is 0 Å². The topological polar surface area (TPSA) is 39.7 Å². The van der Waals surface area contributed by atoms with Gasteiger partial charge >= 0.3 is 6.03 Å². The molecule has 2 aliphatic rings. The summed E-state index contributed by atoms with van der Waals surface area (Å²) in [7, 11) is 0. The fourth-order valence-corrected chi connectivity index (χ4v) is 4.84. The van der Waals surface area contributed by atoms with E-state index in [0.29, 0.717) is 0 Å². The highest BCUT2D eigenvalue weighted by Gasteiger charge is 2.40. The summed E-state index contributed by atoms with van der Waals surface area (Å²) < 4.78 is 0. The molecule has 0 bridgehead atoms. The van der Waals surface area contributed by atoms with Crippen molar-refractivity contribution in [2.45, 2.75) is 31.9 Å². The highest BCUT2D eigenvalue weighted by atomic mass is 32.2. The van der Waals surface area contributed by atoms with E-state index in [-0.39, 0.29) is 17.6 Å². The van der Waals surface area contributed by atoms with Crippen molar-refractivity contribution < 1.29 is 4.79 Å². The normalized spacial score (nSPS) is 21.0. The average Bonchev–Trinajstić information content (AvgIpc) is 3.25. The highest BCUT2D eigenvalue weighted by molar-refractivity contribution is 8.02. The Bertz CT molecular complexity index is 827. The predicted molar refractivity (Wildman–Crippen MR) is 109 cm³/mol. The maximum atomic E-state index is 13.2. The lowest BCUT2D eigenvalue weighted by Crippen LogP contribution is -2.45. The molecule has 2 amide bonds. The Balaban J connectivity index is 1.49. The molecule has 0 aliphatic carbocycles. The Labute approximate surface area is 164 Å². The molecule has 0 saturated carbocycles. The van der Waals surface area contributed by atoms with E-state index in [1.165, 1.54) is 11.3 Å². The minimum absolute atomic E-state index is 0.00526. The number of carbonyl (C=O) groups excluding carboxylic acids is 1. The van der Waals surface area contributed by atoms with Crippen LogP contribution in [0.4, 0.5) is 4.79 Å². The summed E-state index contributed by atoms with van der Waals surface area (Å²) in [5.74, 6) is 0. The summed E-state index contributed by atoms with van der Waals surface area (Å²) in [5.41, 5.74) is 3.52. The molecule has 2 unspecified atom stereocenters. The number of thioether (sulfide) groups is 1. The van der Waals surface area contributed by atoms with Gasteiger partial charge in [0.15, 0.2) is 5.50 Å². The van der Waals surface area contributed by atoms with Crippen molar-refractivity contribution in [1.29, 1.82) is 0 Å². The van der Waals surface area contributed by atoms with Gasteiger partial charge in [-0.05, 0) is 36.4 Å². The molecule has 1 aromatic heterocycles. The van der Waals surface area contributed by atoms with Gasteiger partial charge in [0.25, 0.3) is 0 Å². The molecule has 2 atom stereocenters. The number of rotatable bonds is 5. The van der Waals surface area contributed by atoms with E-state index in [9.17, 15) is 4.79 Å². The fourth-order valence-electron chi connectivity index (χ4n) is 3.66. The van der Waals surface area contributed by atoms with E-state index in [1.54, 1.807) is 18.0 Å². The number of allylic oxidation sites excluding steroid dienone is 1. The summed E-state index contributed by atoms with van der Waals surface area (Å²) in [4.78, 5) is 23.7. The summed E-state index contributed by atoms with van der Waals surface area (Å²) in [6.07, 6.45) is 3.68. The van der Waals surface area contributed by atoms with Crippen molar-refractivity contribution in [1.82, 2.24) is 19.7 Å². The number of hydrogen-bond acceptors (Lipinski definition) is 4. The third kappa shape index (κ3) is 3.54. The molecule has 0 spiro atoms. The van der Waals surface area contributed by atoms with Crippen LogP contribution in [0.2, 0.25) is 0 Å². The summed E-state index contributed by atoms with van der Waals surface area (Å²) in [6, 6.07) is 14.5. The van der Waals surface area contributed by atoms with Gasteiger partial charge in [-0.3, -0.25) is 9.88 Å². The van der Waals surface area contributed by atoms with Crippen LogP contribution in [0.5, 0.6) is 0 Å². The van der Waals surface area contributed by atoms with E-state index < -0.39 is 0 Å². The summed E-state index contributed by atoms with van der Waals surface area (Å²) >= 11 is 1.71. The number of urea groups is 1. The van der Waals surface area contributed by atoms with E-state index in [4.69, 9.17) is 0 Å². The molecule has 1 fully saturated rings. The molecular weight excluding hydrogens is 356 g/mol. The van der Waals surface area contributed by atoms with Gasteiger partial charge in [0.05, 0.1) is 6.04 Å². The lowest BCUT2D eigenvalue weighted by molar-refractivity contribution is 0.144. The monoisotopic (exact) mass is 380 g/mol. The molecule has 1 saturated heterocycles. The smallest absolute Gasteiger partial charge is 0.322 e. The summed E-state index contributed by atoms with van der Waals surface area (Å²) in [6.45, 7) is 6.47. The first-order chi connectivity index (χ1) is 13.1. The van der Waals surface area contributed by atoms with Gasteiger partial charge in [0.1, 0.15) is 0 Å². The van der Waals surface area contributed by atoms with Crippen LogP contribution in [-0.2, 0) is 6.54 Å². The van der Waals surface area contributed by atoms with Gasteiger partial charge in [-0.25, -0.2) is 4.79 Å². The third-order valence-electron chi connectivity index (χ3n) is 5.25. The molecule has 4 rings (SSSR count). The number of hydrogen-bond donors (Lipinski definition) is 0. The molecule has 6 heteroatoms. The van der Waals surface area contributed by atoms with Crippen LogP contribution in [0.3, 0.4) is 0 Å². The van der Waals surface area contributed by atoms with Crippen molar-refractivity contribution in [3.8, 4) is 0 Å². The van der Waals surface area contributed by atoms with Crippen LogP contribution < -0.4 is 0 Å². The largest absolute Gasteiger partial charge is 0.341 e. The maximum Gasteiger partial charge on any atom is 0.322 e. The molecule has 5 nitrogen and oxygen atoms in total. The van der Waals surface area contributed by atoms with Crippen LogP contribution in [-0.4, -0.2) is 44.3 Å². The number of nitrogens with zero attached hydrogens (tertiary/aromatic N) is 4. The first-order valence-electron chi connectivity index (χ1n) is 9.25. The van der Waals surface area contributed by atoms with Gasteiger partial charge in [-0.15, -0.1) is 0 Å². The van der Waals surface area contributed by atoms with E-state index in [0.717, 1.165) is 25.2 Å². The van der Waals surface area contributed by atoms with Crippen molar-refractivity contribution in [3.63, 3.8) is 0 Å². The highest BCUT2D eigenvalue weighted by Crippen LogP contribution is 2.37. The zero-order valence-corrected chi connectivity index (χ0v) is 16.5. The molecule has 2 aliphatic heterocycles. The Kier molecular flexibility index (Phi) is 5.07. The standard InChI is InChI=1S/C21H24N4OS/c1-16-15-27-21(25(16)14-18-7-6-10-22-13-18)24-12-11-23(20(24)26)17(2)19-8-4-3-5-9-19/h3-10,13,15,17,21H,11-12,14H2,1-2H3. The van der Waals surface area contributed by atoms with E-state index in [1.807, 2.05) is 40.3 Å². The summed E-state index contributed by atoms with van der Waals surface area (Å²) in [5, 5.41) is 2.15. The number of aromatic nitrogens is 1. The minimum Gasteiger partial charge on any atom is -0.341 e. The van der Waals surface area contributed by atoms with Crippen LogP contribution in [0.15, 0.2) is 66.0 Å². The third-order valence-corrected chi connectivity index (χ3v) is 6.47. The van der Waals surface area contributed by atoms with Crippen molar-refractivity contribution >= 4 is 17.8 Å². The SMILES string of the molecule is CC1=CSC(N2CCN(C(C)c3ccccc3)C2=O)N1Cc1cccnc1. The van der Waals surface area contributed by atoms with Gasteiger partial charge in [0, 0.05) is 37.7 Å². The lowest BCUT2D eigenvalue weighted by atomic mass is 10.1. The molecule has 0 radical (unpaired) electrons. The molecule has 27 heavy (non-hydrogen) atoms. The van der Waals surface area contributed by atoms with Crippen LogP contribution in [0, 0.1) is 0 Å². The second-order valence-electron chi connectivity index (χ2n) is 6.97. The number of benzene rings is 1. The van der Waals surface area contributed by atoms with Gasteiger partial charge in [-0.2, -0.15) is 0 Å². The van der Waals surface area contributed by atoms with Crippen LogP contribution in [0.1, 0.15) is 31.0 Å². The van der Waals surface area contributed by atoms with Crippen LogP contribution >= 0.6 is 11.8 Å². The number of pyridine rings is 1. The van der Waals surface area contributed by atoms with Crippen molar-refractivity contribution in [2.75, 3.05) is 13.1 Å². The van der Waals surface area contributed by atoms with Gasteiger partial charge in [-0.1, -0.05) is 48.2 Å². The second-order valence-corrected chi connectivity index (χ2v) is 7.90. The molecule has 1 aromatic carbocycles. The lowest BCUT2D eigenvalue weighted by Gasteiger charge is -2.34. The fraction of sp³-hybridized carbons (Fsp3) is 0.333. The molecule has 2 aromatic rings. The molecular formula is C21H24N4OS. The Morgan fingerprint density at radius 2 is 2.00 bits per heavy atom. The average molecular weight is 381 g/mol. The Hall–Kier alpha value is -2.47. The quantitative estimate of drug-likeness (QED) is 0.776. The minimum atomic E-state index is 0.00526. The van der Waals surface area contributed by atoms with E-state index in [2.05, 4.69) is 47.3 Å². The van der Waals surface area contributed by atoms with Crippen molar-refractivity contribution in [3.05, 3.63) is 77.1 Å². The zero-order chi connectivity index (χ0) is 18.8. The Morgan fingerprint density at radius 1 is 1.19 bits per heavy atom. The number of amides is 2. The zero-order valence-electron chi connectivity index (χ0n) is 15.7. The molecule has 140 valence electrons. The maximum absolute atomic E-state index is 13.2. The Morgan fingerprint density at radius 3 is 2.74 bits per heavy atom. The predicted octanol–water partition coefficient (Wildman–Crippen LogP) is 4.27. The molecule has 0 N–H and O–H groups in total. The van der Waals surface area contributed by atoms with E-state index >= 15 is 0 Å². The van der Waals surface area contributed by atoms with Gasteiger partial charge < -0.3 is 9.80 Å². The van der Waals surface area contributed by atoms with Crippen LogP contribution in [0.25, 0.3) is 0 Å². The first kappa shape index (κ1) is 17.9. The second kappa shape index (κ2) is 7.64. The number of carbonyl (C=O) groups is 1.